The lowest BCUT2D eigenvalue weighted by molar-refractivity contribution is 0.0818. The highest BCUT2D eigenvalue weighted by Gasteiger charge is 2.25. The van der Waals surface area contributed by atoms with Gasteiger partial charge in [0.1, 0.15) is 0 Å². The molecule has 0 radical (unpaired) electrons. The molecule has 0 aliphatic rings. The van der Waals surface area contributed by atoms with Gasteiger partial charge < -0.3 is 9.79 Å². The molecule has 2 N–H and O–H groups in total. The fraction of sp³-hybridized carbons (Fsp3) is 1.00. The molecule has 2 atom stereocenters. The maximum atomic E-state index is 10.9. The van der Waals surface area contributed by atoms with E-state index in [2.05, 4.69) is 13.8 Å². The summed E-state index contributed by atoms with van der Waals surface area (Å²) in [5, 5.41) is 0. The quantitative estimate of drug-likeness (QED) is 0.487. The second-order valence-corrected chi connectivity index (χ2v) is 5.59. The first-order valence-corrected chi connectivity index (χ1v) is 7.67. The smallest absolute Gasteiger partial charge is 0.303 e. The Morgan fingerprint density at radius 2 is 1.75 bits per heavy atom. The molecule has 0 spiro atoms. The fourth-order valence-corrected chi connectivity index (χ4v) is 2.52. The Morgan fingerprint density at radius 1 is 1.12 bits per heavy atom. The van der Waals surface area contributed by atoms with Crippen molar-refractivity contribution in [1.29, 1.82) is 0 Å². The minimum Gasteiger partial charge on any atom is -0.303 e. The summed E-state index contributed by atoms with van der Waals surface area (Å²) in [7, 11) is -4.35. The number of hydrogen-bond donors (Lipinski definition) is 2. The third-order valence-corrected chi connectivity index (χ3v) is 3.29. The van der Waals surface area contributed by atoms with Crippen LogP contribution in [0.1, 0.15) is 59.3 Å². The zero-order valence-corrected chi connectivity index (χ0v) is 11.4. The molecule has 0 saturated carbocycles. The summed E-state index contributed by atoms with van der Waals surface area (Å²) in [6, 6.07) is 0. The van der Waals surface area contributed by atoms with Crippen LogP contribution in [0.4, 0.5) is 0 Å². The molecule has 0 heterocycles. The lowest BCUT2D eigenvalue weighted by Gasteiger charge is -2.24. The van der Waals surface area contributed by atoms with E-state index < -0.39 is 7.82 Å². The number of rotatable bonds is 9. The van der Waals surface area contributed by atoms with Gasteiger partial charge in [-0.3, -0.25) is 4.52 Å². The molecule has 0 aliphatic heterocycles. The molecule has 0 aromatic rings. The van der Waals surface area contributed by atoms with Crippen LogP contribution >= 0.6 is 7.82 Å². The largest absolute Gasteiger partial charge is 0.469 e. The number of unbranched alkanes of at least 4 members (excludes halogenated alkanes) is 2. The predicted molar refractivity (Wildman–Crippen MR) is 65.1 cm³/mol. The van der Waals surface area contributed by atoms with Crippen LogP contribution in [-0.4, -0.2) is 15.9 Å². The number of phosphoric ester groups is 1. The Morgan fingerprint density at radius 3 is 2.19 bits per heavy atom. The van der Waals surface area contributed by atoms with Crippen molar-refractivity contribution in [3.05, 3.63) is 0 Å². The van der Waals surface area contributed by atoms with Crippen molar-refractivity contribution in [3.8, 4) is 0 Å². The molecular formula is C11H25O4P. The van der Waals surface area contributed by atoms with Crippen molar-refractivity contribution >= 4 is 7.82 Å². The van der Waals surface area contributed by atoms with Crippen LogP contribution in [-0.2, 0) is 9.09 Å². The lowest BCUT2D eigenvalue weighted by atomic mass is 9.95. The van der Waals surface area contributed by atoms with Crippen molar-refractivity contribution < 1.29 is 18.9 Å². The van der Waals surface area contributed by atoms with Gasteiger partial charge >= 0.3 is 7.82 Å². The monoisotopic (exact) mass is 252 g/mol. The van der Waals surface area contributed by atoms with E-state index >= 15 is 0 Å². The van der Waals surface area contributed by atoms with Crippen molar-refractivity contribution in [2.45, 2.75) is 65.4 Å². The summed E-state index contributed by atoms with van der Waals surface area (Å²) in [4.78, 5) is 17.7. The van der Waals surface area contributed by atoms with E-state index in [1.54, 1.807) is 0 Å². The molecule has 0 aliphatic carbocycles. The van der Waals surface area contributed by atoms with Crippen LogP contribution in [0.5, 0.6) is 0 Å². The zero-order valence-electron chi connectivity index (χ0n) is 10.6. The van der Waals surface area contributed by atoms with Crippen molar-refractivity contribution in [3.63, 3.8) is 0 Å². The molecule has 16 heavy (non-hydrogen) atoms. The van der Waals surface area contributed by atoms with Gasteiger partial charge in [-0.25, -0.2) is 4.57 Å². The summed E-state index contributed by atoms with van der Waals surface area (Å²) in [5.74, 6) is 0.203. The molecule has 0 aromatic carbocycles. The summed E-state index contributed by atoms with van der Waals surface area (Å²) in [6.07, 6.45) is 5.53. The molecular weight excluding hydrogens is 227 g/mol. The van der Waals surface area contributed by atoms with E-state index in [-0.39, 0.29) is 12.0 Å². The van der Waals surface area contributed by atoms with Crippen LogP contribution in [0.15, 0.2) is 0 Å². The van der Waals surface area contributed by atoms with E-state index in [1.165, 1.54) is 0 Å². The van der Waals surface area contributed by atoms with Gasteiger partial charge in [0.2, 0.25) is 0 Å². The third-order valence-electron chi connectivity index (χ3n) is 2.74. The number of phosphoric acid groups is 1. The SMILES string of the molecule is CCCCCC(OP(=O)(O)O)C(C)CCC. The van der Waals surface area contributed by atoms with E-state index in [0.29, 0.717) is 0 Å². The second-order valence-electron chi connectivity index (χ2n) is 4.40. The Labute approximate surface area is 98.6 Å². The first-order chi connectivity index (χ1) is 7.40. The third kappa shape index (κ3) is 8.28. The van der Waals surface area contributed by atoms with Gasteiger partial charge in [0, 0.05) is 0 Å². The average Bonchev–Trinajstić information content (AvgIpc) is 2.15. The Balaban J connectivity index is 4.20. The van der Waals surface area contributed by atoms with E-state index in [9.17, 15) is 4.57 Å². The van der Waals surface area contributed by atoms with Gasteiger partial charge in [-0.05, 0) is 18.8 Å². The maximum absolute atomic E-state index is 10.9. The van der Waals surface area contributed by atoms with Crippen LogP contribution in [0.25, 0.3) is 0 Å². The summed E-state index contributed by atoms with van der Waals surface area (Å²) in [5.41, 5.74) is 0. The fourth-order valence-electron chi connectivity index (χ4n) is 1.85. The second kappa shape index (κ2) is 8.24. The molecule has 0 fully saturated rings. The highest BCUT2D eigenvalue weighted by Crippen LogP contribution is 2.41. The highest BCUT2D eigenvalue weighted by atomic mass is 31.2. The van der Waals surface area contributed by atoms with Crippen LogP contribution < -0.4 is 0 Å². The molecule has 0 amide bonds. The van der Waals surface area contributed by atoms with Crippen LogP contribution in [0.2, 0.25) is 0 Å². The Hall–Kier alpha value is 0.110. The van der Waals surface area contributed by atoms with Gasteiger partial charge in [0.15, 0.2) is 0 Å². The topological polar surface area (TPSA) is 66.8 Å². The minimum absolute atomic E-state index is 0.203. The predicted octanol–water partition coefficient (Wildman–Crippen LogP) is 3.48. The first-order valence-electron chi connectivity index (χ1n) is 6.14. The molecule has 0 aromatic heterocycles. The summed E-state index contributed by atoms with van der Waals surface area (Å²) >= 11 is 0. The standard InChI is InChI=1S/C11H25O4P/c1-4-6-7-9-11(10(3)8-5-2)15-16(12,13)14/h10-11H,4-9H2,1-3H3,(H2,12,13,14). The molecule has 2 unspecified atom stereocenters. The summed E-state index contributed by atoms with van der Waals surface area (Å²) in [6.45, 7) is 6.17. The van der Waals surface area contributed by atoms with Gasteiger partial charge in [-0.15, -0.1) is 0 Å². The zero-order chi connectivity index (χ0) is 12.6. The Kier molecular flexibility index (Phi) is 8.29. The number of hydrogen-bond acceptors (Lipinski definition) is 2. The first kappa shape index (κ1) is 16.1. The molecule has 0 saturated heterocycles. The minimum atomic E-state index is -4.35. The molecule has 0 bridgehead atoms. The molecule has 0 rings (SSSR count). The van der Waals surface area contributed by atoms with Crippen molar-refractivity contribution in [2.24, 2.45) is 5.92 Å². The average molecular weight is 252 g/mol. The molecule has 4 nitrogen and oxygen atoms in total. The van der Waals surface area contributed by atoms with Gasteiger partial charge in [-0.2, -0.15) is 0 Å². The van der Waals surface area contributed by atoms with Gasteiger partial charge in [0.25, 0.3) is 0 Å². The van der Waals surface area contributed by atoms with Crippen molar-refractivity contribution in [1.82, 2.24) is 0 Å². The van der Waals surface area contributed by atoms with Gasteiger partial charge in [0.05, 0.1) is 6.10 Å². The van der Waals surface area contributed by atoms with Crippen LogP contribution in [0.3, 0.4) is 0 Å². The van der Waals surface area contributed by atoms with Crippen LogP contribution in [0, 0.1) is 5.92 Å². The molecule has 5 heteroatoms. The molecule has 98 valence electrons. The van der Waals surface area contributed by atoms with Crippen molar-refractivity contribution in [2.75, 3.05) is 0 Å². The Bertz CT molecular complexity index is 214. The van der Waals surface area contributed by atoms with E-state index in [0.717, 1.165) is 38.5 Å². The highest BCUT2D eigenvalue weighted by molar-refractivity contribution is 7.46. The van der Waals surface area contributed by atoms with E-state index in [4.69, 9.17) is 14.3 Å². The maximum Gasteiger partial charge on any atom is 0.469 e. The summed E-state index contributed by atoms with van der Waals surface area (Å²) < 4.78 is 15.7. The van der Waals surface area contributed by atoms with Gasteiger partial charge in [-0.1, -0.05) is 46.5 Å². The normalized spacial score (nSPS) is 16.1. The van der Waals surface area contributed by atoms with E-state index in [1.807, 2.05) is 6.92 Å². The lowest BCUT2D eigenvalue weighted by Crippen LogP contribution is -2.20.